The monoisotopic (exact) mass is 598 g/mol. The third-order valence-electron chi connectivity index (χ3n) is 6.66. The van der Waals surface area contributed by atoms with Gasteiger partial charge in [-0.1, -0.05) is 41.5 Å². The smallest absolute Gasteiger partial charge is 0.264 e. The first-order valence-corrected chi connectivity index (χ1v) is 15.0. The first-order chi connectivity index (χ1) is 20.5. The van der Waals surface area contributed by atoms with Crippen molar-refractivity contribution in [1.29, 1.82) is 0 Å². The van der Waals surface area contributed by atoms with Gasteiger partial charge in [-0.15, -0.1) is 0 Å². The van der Waals surface area contributed by atoms with E-state index in [4.69, 9.17) is 4.74 Å². The predicted octanol–water partition coefficient (Wildman–Crippen LogP) is 5.28. The first kappa shape index (κ1) is 31.0. The number of rotatable bonds is 11. The Morgan fingerprint density at radius 3 is 2.05 bits per heavy atom. The molecule has 0 aliphatic carbocycles. The van der Waals surface area contributed by atoms with Gasteiger partial charge in [-0.05, 0) is 105 Å². The average molecular weight is 599 g/mol. The van der Waals surface area contributed by atoms with Crippen molar-refractivity contribution in [2.75, 3.05) is 22.8 Å². The molecule has 4 rings (SSSR count). The van der Waals surface area contributed by atoms with E-state index in [1.165, 1.54) is 18.3 Å². The van der Waals surface area contributed by atoms with Crippen molar-refractivity contribution in [3.63, 3.8) is 0 Å². The second-order valence-electron chi connectivity index (χ2n) is 10.2. The maximum absolute atomic E-state index is 13.6. The molecule has 2 amide bonds. The van der Waals surface area contributed by atoms with E-state index in [-0.39, 0.29) is 17.4 Å². The van der Waals surface area contributed by atoms with Crippen molar-refractivity contribution in [1.82, 2.24) is 5.43 Å². The molecule has 0 fully saturated rings. The van der Waals surface area contributed by atoms with Gasteiger partial charge < -0.3 is 10.1 Å². The fourth-order valence-corrected chi connectivity index (χ4v) is 5.42. The highest BCUT2D eigenvalue weighted by atomic mass is 32.2. The summed E-state index contributed by atoms with van der Waals surface area (Å²) in [6.07, 6.45) is 1.43. The highest BCUT2D eigenvalue weighted by Crippen LogP contribution is 2.26. The summed E-state index contributed by atoms with van der Waals surface area (Å²) in [7, 11) is -4.03. The van der Waals surface area contributed by atoms with Crippen LogP contribution in [0.25, 0.3) is 0 Å². The second-order valence-corrected chi connectivity index (χ2v) is 12.0. The Balaban J connectivity index is 1.36. The number of nitrogens with one attached hydrogen (secondary N) is 2. The molecule has 4 aromatic rings. The number of anilines is 2. The van der Waals surface area contributed by atoms with Crippen LogP contribution in [0.1, 0.15) is 27.8 Å². The summed E-state index contributed by atoms with van der Waals surface area (Å²) in [6.45, 7) is 7.04. The van der Waals surface area contributed by atoms with Crippen molar-refractivity contribution in [3.8, 4) is 5.75 Å². The van der Waals surface area contributed by atoms with Gasteiger partial charge in [0.25, 0.3) is 21.8 Å². The van der Waals surface area contributed by atoms with Crippen LogP contribution in [0.4, 0.5) is 11.4 Å². The number of aryl methyl sites for hydroxylation is 4. The van der Waals surface area contributed by atoms with Crippen molar-refractivity contribution in [3.05, 3.63) is 119 Å². The Kier molecular flexibility index (Phi) is 9.95. The molecular formula is C33H34N4O5S. The quantitative estimate of drug-likeness (QED) is 0.180. The molecule has 222 valence electrons. The van der Waals surface area contributed by atoms with Crippen LogP contribution in [-0.2, 0) is 19.6 Å². The number of hydrogen-bond acceptors (Lipinski definition) is 6. The van der Waals surface area contributed by atoms with E-state index in [0.29, 0.717) is 22.7 Å². The highest BCUT2D eigenvalue weighted by Gasteiger charge is 2.27. The Morgan fingerprint density at radius 1 is 0.791 bits per heavy atom. The maximum Gasteiger partial charge on any atom is 0.264 e. The molecule has 0 atom stereocenters. The minimum atomic E-state index is -4.03. The maximum atomic E-state index is 13.6. The lowest BCUT2D eigenvalue weighted by Gasteiger charge is -2.24. The Bertz CT molecular complexity index is 1720. The Labute approximate surface area is 252 Å². The molecule has 0 spiro atoms. The molecule has 0 bridgehead atoms. The summed E-state index contributed by atoms with van der Waals surface area (Å²) in [5, 5.41) is 6.76. The number of carbonyl (C=O) groups is 2. The van der Waals surface area contributed by atoms with Gasteiger partial charge in [-0.2, -0.15) is 5.10 Å². The van der Waals surface area contributed by atoms with Crippen LogP contribution in [-0.4, -0.2) is 39.6 Å². The van der Waals surface area contributed by atoms with Gasteiger partial charge >= 0.3 is 0 Å². The number of amides is 2. The normalized spacial score (nSPS) is 11.3. The van der Waals surface area contributed by atoms with Crippen LogP contribution in [0.3, 0.4) is 0 Å². The molecule has 2 N–H and O–H groups in total. The van der Waals surface area contributed by atoms with Crippen LogP contribution in [0.2, 0.25) is 0 Å². The van der Waals surface area contributed by atoms with Crippen LogP contribution in [0.5, 0.6) is 5.75 Å². The zero-order chi connectivity index (χ0) is 31.0. The molecule has 0 unspecified atom stereocenters. The molecule has 0 aliphatic rings. The van der Waals surface area contributed by atoms with E-state index in [9.17, 15) is 18.0 Å². The second kappa shape index (κ2) is 13.8. The molecule has 0 heterocycles. The van der Waals surface area contributed by atoms with Crippen LogP contribution >= 0.6 is 0 Å². The third-order valence-corrected chi connectivity index (χ3v) is 8.45. The van der Waals surface area contributed by atoms with Gasteiger partial charge in [0.05, 0.1) is 16.8 Å². The van der Waals surface area contributed by atoms with Crippen LogP contribution in [0, 0.1) is 27.7 Å². The lowest BCUT2D eigenvalue weighted by molar-refractivity contribution is -0.119. The summed E-state index contributed by atoms with van der Waals surface area (Å²) in [6, 6.07) is 26.0. The molecule has 4 aromatic carbocycles. The number of carbonyl (C=O) groups excluding carboxylic acids is 2. The predicted molar refractivity (Wildman–Crippen MR) is 169 cm³/mol. The number of benzene rings is 4. The Hall–Kier alpha value is -4.96. The van der Waals surface area contributed by atoms with E-state index >= 15 is 0 Å². The van der Waals surface area contributed by atoms with Crippen molar-refractivity contribution in [2.24, 2.45) is 5.10 Å². The molecule has 0 saturated heterocycles. The number of hydrogen-bond donors (Lipinski definition) is 2. The van der Waals surface area contributed by atoms with Gasteiger partial charge in [-0.3, -0.25) is 13.9 Å². The van der Waals surface area contributed by atoms with Crippen molar-refractivity contribution < 1.29 is 22.7 Å². The average Bonchev–Trinajstić information content (AvgIpc) is 2.98. The number of hydrazone groups is 1. The van der Waals surface area contributed by atoms with Crippen molar-refractivity contribution >= 4 is 39.4 Å². The zero-order valence-electron chi connectivity index (χ0n) is 24.5. The van der Waals surface area contributed by atoms with E-state index in [1.54, 1.807) is 48.5 Å². The number of sulfonamides is 1. The molecular weight excluding hydrogens is 564 g/mol. The lowest BCUT2D eigenvalue weighted by atomic mass is 10.1. The minimum absolute atomic E-state index is 0.0857. The summed E-state index contributed by atoms with van der Waals surface area (Å²) >= 11 is 0. The molecule has 43 heavy (non-hydrogen) atoms. The van der Waals surface area contributed by atoms with Gasteiger partial charge in [0.15, 0.2) is 6.61 Å². The molecule has 9 nitrogen and oxygen atoms in total. The summed E-state index contributed by atoms with van der Waals surface area (Å²) < 4.78 is 33.8. The third kappa shape index (κ3) is 8.52. The standard InChI is InChI=1S/C33H34N4O5S/c1-23-5-12-28(13-6-23)35-33(39)22-42-30-15-10-27(11-16-30)20-34-36-32(38)21-37(29-14-9-25(3)26(4)19-29)43(40,41)31-17-7-24(2)8-18-31/h5-20H,21-22H2,1-4H3,(H,35,39)(H,36,38)/b34-20-. The van der Waals surface area contributed by atoms with Crippen molar-refractivity contribution in [2.45, 2.75) is 32.6 Å². The van der Waals surface area contributed by atoms with Gasteiger partial charge in [0.2, 0.25) is 0 Å². The molecule has 0 saturated carbocycles. The molecule has 0 aliphatic heterocycles. The Morgan fingerprint density at radius 2 is 1.42 bits per heavy atom. The van der Waals surface area contributed by atoms with E-state index in [2.05, 4.69) is 15.8 Å². The topological polar surface area (TPSA) is 117 Å². The van der Waals surface area contributed by atoms with Gasteiger partial charge in [-0.25, -0.2) is 13.8 Å². The van der Waals surface area contributed by atoms with Crippen LogP contribution in [0.15, 0.2) is 101 Å². The summed E-state index contributed by atoms with van der Waals surface area (Å²) in [5.74, 6) is -0.397. The fraction of sp³-hybridized carbons (Fsp3) is 0.182. The van der Waals surface area contributed by atoms with Crippen LogP contribution < -0.4 is 19.8 Å². The SMILES string of the molecule is Cc1ccc(NC(=O)COc2ccc(/C=N\NC(=O)CN(c3ccc(C)c(C)c3)S(=O)(=O)c3ccc(C)cc3)cc2)cc1. The zero-order valence-corrected chi connectivity index (χ0v) is 25.3. The van der Waals surface area contributed by atoms with E-state index < -0.39 is 22.5 Å². The largest absolute Gasteiger partial charge is 0.484 e. The summed E-state index contributed by atoms with van der Waals surface area (Å²) in [4.78, 5) is 25.1. The van der Waals surface area contributed by atoms with E-state index in [1.807, 2.05) is 58.0 Å². The summed E-state index contributed by atoms with van der Waals surface area (Å²) in [5.41, 5.74) is 8.08. The first-order valence-electron chi connectivity index (χ1n) is 13.6. The van der Waals surface area contributed by atoms with E-state index in [0.717, 1.165) is 26.6 Å². The molecule has 0 aromatic heterocycles. The van der Waals surface area contributed by atoms with Gasteiger partial charge in [0.1, 0.15) is 12.3 Å². The molecule has 0 radical (unpaired) electrons. The van der Waals surface area contributed by atoms with Gasteiger partial charge in [0, 0.05) is 5.69 Å². The molecule has 10 heteroatoms. The number of nitrogens with zero attached hydrogens (tertiary/aromatic N) is 2. The number of ether oxygens (including phenoxy) is 1. The fourth-order valence-electron chi connectivity index (χ4n) is 4.01. The highest BCUT2D eigenvalue weighted by molar-refractivity contribution is 7.92. The lowest BCUT2D eigenvalue weighted by Crippen LogP contribution is -2.39. The minimum Gasteiger partial charge on any atom is -0.484 e.